The van der Waals surface area contributed by atoms with Gasteiger partial charge in [0.25, 0.3) is 0 Å². The van der Waals surface area contributed by atoms with E-state index in [1.807, 2.05) is 0 Å². The molecule has 4 nitrogen and oxygen atoms in total. The van der Waals surface area contributed by atoms with Gasteiger partial charge >= 0.3 is 0 Å². The van der Waals surface area contributed by atoms with Crippen LogP contribution in [0.1, 0.15) is 19.8 Å². The maximum absolute atomic E-state index is 5.79. The third-order valence-corrected chi connectivity index (χ3v) is 2.82. The number of nitrogen functional groups attached to an aromatic ring is 1. The van der Waals surface area contributed by atoms with Crippen molar-refractivity contribution < 1.29 is 4.74 Å². The number of nitrogens with zero attached hydrogens (tertiary/aromatic N) is 2. The molecule has 0 radical (unpaired) electrons. The Hall–Kier alpha value is -0.740. The van der Waals surface area contributed by atoms with Crippen LogP contribution in [0.3, 0.4) is 0 Å². The predicted octanol–water partition coefficient (Wildman–Crippen LogP) is 1.69. The summed E-state index contributed by atoms with van der Waals surface area (Å²) in [5, 5.41) is 4.59. The molecule has 2 atom stereocenters. The van der Waals surface area contributed by atoms with Crippen LogP contribution >= 0.6 is 11.6 Å². The molecule has 5 heteroatoms. The summed E-state index contributed by atoms with van der Waals surface area (Å²) in [7, 11) is 0. The number of halogens is 1. The minimum Gasteiger partial charge on any atom is -0.383 e. The summed E-state index contributed by atoms with van der Waals surface area (Å²) in [6, 6.07) is 0. The molecular formula is C9H14ClN3O. The first-order valence-corrected chi connectivity index (χ1v) is 5.17. The van der Waals surface area contributed by atoms with E-state index in [0.717, 1.165) is 12.8 Å². The van der Waals surface area contributed by atoms with Gasteiger partial charge in [-0.2, -0.15) is 5.10 Å². The van der Waals surface area contributed by atoms with Gasteiger partial charge in [0.1, 0.15) is 10.8 Å². The maximum atomic E-state index is 5.79. The third-order valence-electron chi connectivity index (χ3n) is 2.53. The first-order chi connectivity index (χ1) is 6.66. The van der Waals surface area contributed by atoms with Crippen molar-refractivity contribution in [3.8, 4) is 0 Å². The normalized spacial score (nSPS) is 27.0. The van der Waals surface area contributed by atoms with Crippen molar-refractivity contribution >= 4 is 17.4 Å². The summed E-state index contributed by atoms with van der Waals surface area (Å²) in [5.74, 6) is 0.523. The number of hydrogen-bond acceptors (Lipinski definition) is 3. The molecule has 2 unspecified atom stereocenters. The van der Waals surface area contributed by atoms with E-state index in [-0.39, 0.29) is 6.10 Å². The zero-order valence-electron chi connectivity index (χ0n) is 8.11. The van der Waals surface area contributed by atoms with E-state index in [0.29, 0.717) is 23.5 Å². The lowest BCUT2D eigenvalue weighted by Gasteiger charge is -2.11. The molecule has 2 heterocycles. The summed E-state index contributed by atoms with van der Waals surface area (Å²) in [6.07, 6.45) is 4.32. The number of nitrogens with two attached hydrogens (primary N) is 1. The van der Waals surface area contributed by atoms with Gasteiger partial charge in [-0.15, -0.1) is 0 Å². The van der Waals surface area contributed by atoms with Gasteiger partial charge in [0.2, 0.25) is 0 Å². The molecule has 78 valence electrons. The standard InChI is InChI=1S/C9H14ClN3O/c1-6-2-3-7(14-6)5-13-9(11)8(10)4-12-13/h4,6-7H,2-3,5,11H2,1H3. The Morgan fingerprint density at radius 2 is 2.50 bits per heavy atom. The van der Waals surface area contributed by atoms with E-state index >= 15 is 0 Å². The van der Waals surface area contributed by atoms with Crippen LogP contribution in [0.25, 0.3) is 0 Å². The molecule has 0 aliphatic carbocycles. The van der Waals surface area contributed by atoms with Gasteiger partial charge in [0.05, 0.1) is 24.9 Å². The minimum atomic E-state index is 0.225. The lowest BCUT2D eigenvalue weighted by molar-refractivity contribution is 0.0441. The Bertz CT molecular complexity index is 326. The number of hydrogen-bond donors (Lipinski definition) is 1. The number of aromatic nitrogens is 2. The molecule has 0 bridgehead atoms. The van der Waals surface area contributed by atoms with Crippen molar-refractivity contribution in [3.05, 3.63) is 11.2 Å². The number of anilines is 1. The molecule has 0 spiro atoms. The van der Waals surface area contributed by atoms with E-state index in [1.165, 1.54) is 0 Å². The van der Waals surface area contributed by atoms with Gasteiger partial charge in [-0.25, -0.2) is 4.68 Å². The lowest BCUT2D eigenvalue weighted by atomic mass is 10.2. The highest BCUT2D eigenvalue weighted by molar-refractivity contribution is 6.32. The smallest absolute Gasteiger partial charge is 0.140 e. The molecule has 1 saturated heterocycles. The molecule has 2 rings (SSSR count). The quantitative estimate of drug-likeness (QED) is 0.817. The zero-order valence-corrected chi connectivity index (χ0v) is 8.87. The highest BCUT2D eigenvalue weighted by Gasteiger charge is 2.23. The average molecular weight is 216 g/mol. The fourth-order valence-electron chi connectivity index (χ4n) is 1.73. The van der Waals surface area contributed by atoms with Crippen molar-refractivity contribution in [1.29, 1.82) is 0 Å². The second-order valence-corrected chi connectivity index (χ2v) is 4.11. The fourth-order valence-corrected chi connectivity index (χ4v) is 1.87. The Kier molecular flexibility index (Phi) is 2.65. The van der Waals surface area contributed by atoms with Crippen LogP contribution < -0.4 is 5.73 Å². The second-order valence-electron chi connectivity index (χ2n) is 3.71. The van der Waals surface area contributed by atoms with E-state index in [9.17, 15) is 0 Å². The molecular weight excluding hydrogens is 202 g/mol. The monoisotopic (exact) mass is 215 g/mol. The van der Waals surface area contributed by atoms with E-state index in [2.05, 4.69) is 12.0 Å². The lowest BCUT2D eigenvalue weighted by Crippen LogP contribution is -2.18. The van der Waals surface area contributed by atoms with Crippen LogP contribution in [0, 0.1) is 0 Å². The van der Waals surface area contributed by atoms with E-state index in [1.54, 1.807) is 10.9 Å². The molecule has 0 saturated carbocycles. The van der Waals surface area contributed by atoms with Gasteiger partial charge in [-0.05, 0) is 19.8 Å². The van der Waals surface area contributed by atoms with Crippen LogP contribution in [0.2, 0.25) is 5.02 Å². The van der Waals surface area contributed by atoms with E-state index in [4.69, 9.17) is 22.1 Å². The summed E-state index contributed by atoms with van der Waals surface area (Å²) in [4.78, 5) is 0. The van der Waals surface area contributed by atoms with Gasteiger partial charge in [-0.1, -0.05) is 11.6 Å². The van der Waals surface area contributed by atoms with Crippen molar-refractivity contribution in [2.75, 3.05) is 5.73 Å². The first-order valence-electron chi connectivity index (χ1n) is 4.79. The maximum Gasteiger partial charge on any atom is 0.140 e. The van der Waals surface area contributed by atoms with Crippen molar-refractivity contribution in [2.24, 2.45) is 0 Å². The Morgan fingerprint density at radius 1 is 1.71 bits per heavy atom. The summed E-state index contributed by atoms with van der Waals surface area (Å²) < 4.78 is 7.37. The fraction of sp³-hybridized carbons (Fsp3) is 0.667. The molecule has 1 aliphatic rings. The number of ether oxygens (including phenoxy) is 1. The van der Waals surface area contributed by atoms with Crippen LogP contribution in [-0.4, -0.2) is 22.0 Å². The number of rotatable bonds is 2. The first kappa shape index (κ1) is 9.80. The van der Waals surface area contributed by atoms with Crippen molar-refractivity contribution in [2.45, 2.75) is 38.5 Å². The largest absolute Gasteiger partial charge is 0.383 e. The molecule has 0 aromatic carbocycles. The molecule has 2 N–H and O–H groups in total. The van der Waals surface area contributed by atoms with Gasteiger partial charge < -0.3 is 10.5 Å². The molecule has 1 aromatic heterocycles. The predicted molar refractivity (Wildman–Crippen MR) is 55.2 cm³/mol. The minimum absolute atomic E-state index is 0.225. The van der Waals surface area contributed by atoms with E-state index < -0.39 is 0 Å². The summed E-state index contributed by atoms with van der Waals surface area (Å²) in [5.41, 5.74) is 5.73. The molecule has 1 aromatic rings. The Balaban J connectivity index is 2.01. The van der Waals surface area contributed by atoms with Crippen molar-refractivity contribution in [1.82, 2.24) is 9.78 Å². The molecule has 1 aliphatic heterocycles. The summed E-state index contributed by atoms with van der Waals surface area (Å²) >= 11 is 5.79. The molecule has 1 fully saturated rings. The molecule has 0 amide bonds. The Labute approximate surface area is 88.0 Å². The SMILES string of the molecule is CC1CCC(Cn2ncc(Cl)c2N)O1. The van der Waals surface area contributed by atoms with Crippen LogP contribution in [-0.2, 0) is 11.3 Å². The highest BCUT2D eigenvalue weighted by Crippen LogP contribution is 2.23. The second kappa shape index (κ2) is 3.79. The van der Waals surface area contributed by atoms with Gasteiger partial charge in [-0.3, -0.25) is 0 Å². The third kappa shape index (κ3) is 1.86. The van der Waals surface area contributed by atoms with Gasteiger partial charge in [0.15, 0.2) is 0 Å². The highest BCUT2D eigenvalue weighted by atomic mass is 35.5. The molecule has 14 heavy (non-hydrogen) atoms. The van der Waals surface area contributed by atoms with Crippen LogP contribution in [0.5, 0.6) is 0 Å². The van der Waals surface area contributed by atoms with Crippen LogP contribution in [0.4, 0.5) is 5.82 Å². The van der Waals surface area contributed by atoms with Crippen LogP contribution in [0.15, 0.2) is 6.20 Å². The Morgan fingerprint density at radius 3 is 3.00 bits per heavy atom. The zero-order chi connectivity index (χ0) is 10.1. The van der Waals surface area contributed by atoms with Gasteiger partial charge in [0, 0.05) is 0 Å². The summed E-state index contributed by atoms with van der Waals surface area (Å²) in [6.45, 7) is 2.78. The van der Waals surface area contributed by atoms with Crippen molar-refractivity contribution in [3.63, 3.8) is 0 Å². The average Bonchev–Trinajstić information content (AvgIpc) is 2.67. The topological polar surface area (TPSA) is 53.1 Å².